The summed E-state index contributed by atoms with van der Waals surface area (Å²) in [6.45, 7) is 4.99. The Labute approximate surface area is 143 Å². The molecule has 0 saturated heterocycles. The van der Waals surface area contributed by atoms with Crippen LogP contribution in [0.3, 0.4) is 0 Å². The molecular formula is C19H25N3O2. The van der Waals surface area contributed by atoms with Crippen LogP contribution in [0.15, 0.2) is 42.5 Å². The number of hydrogen-bond donors (Lipinski definition) is 2. The molecule has 128 valence electrons. The van der Waals surface area contributed by atoms with Crippen molar-refractivity contribution >= 4 is 22.6 Å². The largest absolute Gasteiger partial charge is 0.358 e. The Morgan fingerprint density at radius 1 is 1.04 bits per heavy atom. The lowest BCUT2D eigenvalue weighted by molar-refractivity contribution is -0.125. The fourth-order valence-corrected chi connectivity index (χ4v) is 2.76. The summed E-state index contributed by atoms with van der Waals surface area (Å²) in [6.07, 6.45) is 0. The van der Waals surface area contributed by atoms with Crippen molar-refractivity contribution < 1.29 is 9.59 Å². The van der Waals surface area contributed by atoms with Crippen LogP contribution in [0.4, 0.5) is 0 Å². The molecule has 0 aliphatic heterocycles. The van der Waals surface area contributed by atoms with E-state index in [9.17, 15) is 9.59 Å². The number of likely N-dealkylation sites (N-methyl/N-ethyl adjacent to an activating group) is 2. The molecule has 2 rings (SSSR count). The van der Waals surface area contributed by atoms with Crippen LogP contribution < -0.4 is 10.6 Å². The number of carbonyl (C=O) groups excluding carboxylic acids is 2. The summed E-state index contributed by atoms with van der Waals surface area (Å²) in [5.74, 6) is -0.173. The molecule has 24 heavy (non-hydrogen) atoms. The molecule has 1 atom stereocenters. The SMILES string of the molecule is CCN(CC(=O)NC)CC(=O)N[C@@H](C)c1cccc2ccccc12. The highest BCUT2D eigenvalue weighted by Gasteiger charge is 2.16. The van der Waals surface area contributed by atoms with Crippen molar-refractivity contribution in [2.75, 3.05) is 26.7 Å². The predicted molar refractivity (Wildman–Crippen MR) is 96.7 cm³/mol. The minimum Gasteiger partial charge on any atom is -0.358 e. The molecular weight excluding hydrogens is 302 g/mol. The maximum Gasteiger partial charge on any atom is 0.234 e. The molecule has 2 aromatic carbocycles. The van der Waals surface area contributed by atoms with E-state index in [1.807, 2.05) is 43.0 Å². The average molecular weight is 327 g/mol. The zero-order valence-electron chi connectivity index (χ0n) is 14.5. The molecule has 2 amide bonds. The fourth-order valence-electron chi connectivity index (χ4n) is 2.76. The molecule has 0 bridgehead atoms. The van der Waals surface area contributed by atoms with E-state index in [1.165, 1.54) is 0 Å². The maximum absolute atomic E-state index is 12.3. The van der Waals surface area contributed by atoms with Gasteiger partial charge in [0.25, 0.3) is 0 Å². The van der Waals surface area contributed by atoms with Gasteiger partial charge in [-0.25, -0.2) is 0 Å². The highest BCUT2D eigenvalue weighted by atomic mass is 16.2. The van der Waals surface area contributed by atoms with Gasteiger partial charge in [0.15, 0.2) is 0 Å². The maximum atomic E-state index is 12.3. The molecule has 2 N–H and O–H groups in total. The number of amides is 2. The van der Waals surface area contributed by atoms with Crippen LogP contribution >= 0.6 is 0 Å². The minimum absolute atomic E-state index is 0.0822. The van der Waals surface area contributed by atoms with E-state index in [-0.39, 0.29) is 30.9 Å². The zero-order valence-corrected chi connectivity index (χ0v) is 14.5. The van der Waals surface area contributed by atoms with Crippen molar-refractivity contribution in [3.63, 3.8) is 0 Å². The van der Waals surface area contributed by atoms with Gasteiger partial charge in [-0.15, -0.1) is 0 Å². The molecule has 0 radical (unpaired) electrons. The lowest BCUT2D eigenvalue weighted by Gasteiger charge is -2.21. The number of carbonyl (C=O) groups is 2. The summed E-state index contributed by atoms with van der Waals surface area (Å²) in [5.41, 5.74) is 1.09. The Hall–Kier alpha value is -2.40. The van der Waals surface area contributed by atoms with Gasteiger partial charge in [0.05, 0.1) is 19.1 Å². The van der Waals surface area contributed by atoms with E-state index < -0.39 is 0 Å². The number of rotatable bonds is 7. The first-order valence-electron chi connectivity index (χ1n) is 8.25. The van der Waals surface area contributed by atoms with Crippen LogP contribution in [-0.4, -0.2) is 43.4 Å². The highest BCUT2D eigenvalue weighted by Crippen LogP contribution is 2.23. The normalized spacial score (nSPS) is 12.2. The van der Waals surface area contributed by atoms with Crippen molar-refractivity contribution in [1.82, 2.24) is 15.5 Å². The summed E-state index contributed by atoms with van der Waals surface area (Å²) in [7, 11) is 1.60. The van der Waals surface area contributed by atoms with Crippen molar-refractivity contribution in [3.05, 3.63) is 48.0 Å². The smallest absolute Gasteiger partial charge is 0.234 e. The van der Waals surface area contributed by atoms with Crippen molar-refractivity contribution in [1.29, 1.82) is 0 Å². The average Bonchev–Trinajstić information content (AvgIpc) is 2.60. The van der Waals surface area contributed by atoms with Crippen LogP contribution in [0.25, 0.3) is 10.8 Å². The third kappa shape index (κ3) is 4.55. The Balaban J connectivity index is 2.04. The molecule has 0 unspecified atom stereocenters. The van der Waals surface area contributed by atoms with Crippen molar-refractivity contribution in [2.24, 2.45) is 0 Å². The number of fused-ring (bicyclic) bond motifs is 1. The van der Waals surface area contributed by atoms with Crippen LogP contribution in [0.1, 0.15) is 25.5 Å². The Bertz CT molecular complexity index is 709. The Kier molecular flexibility index (Phi) is 6.32. The number of nitrogens with one attached hydrogen (secondary N) is 2. The van der Waals surface area contributed by atoms with Crippen LogP contribution in [0.5, 0.6) is 0 Å². The number of benzene rings is 2. The Morgan fingerprint density at radius 3 is 2.42 bits per heavy atom. The van der Waals surface area contributed by atoms with Crippen LogP contribution in [0, 0.1) is 0 Å². The van der Waals surface area contributed by atoms with E-state index in [2.05, 4.69) is 28.8 Å². The van der Waals surface area contributed by atoms with Gasteiger partial charge in [0.2, 0.25) is 11.8 Å². The van der Waals surface area contributed by atoms with E-state index in [0.717, 1.165) is 16.3 Å². The van der Waals surface area contributed by atoms with Gasteiger partial charge in [-0.05, 0) is 29.8 Å². The number of nitrogens with zero attached hydrogens (tertiary/aromatic N) is 1. The van der Waals surface area contributed by atoms with Gasteiger partial charge in [-0.2, -0.15) is 0 Å². The van der Waals surface area contributed by atoms with E-state index >= 15 is 0 Å². The quantitative estimate of drug-likeness (QED) is 0.818. The third-order valence-corrected chi connectivity index (χ3v) is 4.13. The summed E-state index contributed by atoms with van der Waals surface area (Å²) in [5, 5.41) is 7.91. The standard InChI is InChI=1S/C19H25N3O2/c1-4-22(12-18(23)20-3)13-19(24)21-14(2)16-11-7-9-15-8-5-6-10-17(15)16/h5-11,14H,4,12-13H2,1-3H3,(H,20,23)(H,21,24)/t14-/m0/s1. The predicted octanol–water partition coefficient (Wildman–Crippen LogP) is 2.08. The summed E-state index contributed by atoms with van der Waals surface area (Å²) in [6, 6.07) is 14.2. The van der Waals surface area contributed by atoms with Gasteiger partial charge in [-0.3, -0.25) is 14.5 Å². The van der Waals surface area contributed by atoms with Gasteiger partial charge in [-0.1, -0.05) is 49.4 Å². The van der Waals surface area contributed by atoms with Crippen molar-refractivity contribution in [3.8, 4) is 0 Å². The third-order valence-electron chi connectivity index (χ3n) is 4.13. The molecule has 5 nitrogen and oxygen atoms in total. The van der Waals surface area contributed by atoms with Gasteiger partial charge < -0.3 is 10.6 Å². The molecule has 0 spiro atoms. The summed E-state index contributed by atoms with van der Waals surface area (Å²) >= 11 is 0. The Morgan fingerprint density at radius 2 is 1.71 bits per heavy atom. The summed E-state index contributed by atoms with van der Waals surface area (Å²) in [4.78, 5) is 25.6. The monoisotopic (exact) mass is 327 g/mol. The molecule has 0 saturated carbocycles. The second-order valence-corrected chi connectivity index (χ2v) is 5.83. The lowest BCUT2D eigenvalue weighted by atomic mass is 10.00. The van der Waals surface area contributed by atoms with Crippen LogP contribution in [-0.2, 0) is 9.59 Å². The summed E-state index contributed by atoms with van der Waals surface area (Å²) < 4.78 is 0. The van der Waals surface area contributed by atoms with Gasteiger partial charge in [0.1, 0.15) is 0 Å². The zero-order chi connectivity index (χ0) is 17.5. The molecule has 0 aliphatic carbocycles. The molecule has 0 heterocycles. The molecule has 5 heteroatoms. The number of hydrogen-bond acceptors (Lipinski definition) is 3. The van der Waals surface area contributed by atoms with Crippen LogP contribution in [0.2, 0.25) is 0 Å². The second kappa shape index (κ2) is 8.45. The van der Waals surface area contributed by atoms with E-state index in [0.29, 0.717) is 6.54 Å². The van der Waals surface area contributed by atoms with E-state index in [1.54, 1.807) is 7.05 Å². The van der Waals surface area contributed by atoms with Gasteiger partial charge >= 0.3 is 0 Å². The first-order chi connectivity index (χ1) is 11.5. The fraction of sp³-hybridized carbons (Fsp3) is 0.368. The first kappa shape index (κ1) is 17.9. The molecule has 0 aromatic heterocycles. The second-order valence-electron chi connectivity index (χ2n) is 5.83. The minimum atomic E-state index is -0.0951. The van der Waals surface area contributed by atoms with Crippen molar-refractivity contribution in [2.45, 2.75) is 19.9 Å². The topological polar surface area (TPSA) is 61.4 Å². The molecule has 0 fully saturated rings. The van der Waals surface area contributed by atoms with E-state index in [4.69, 9.17) is 0 Å². The molecule has 0 aliphatic rings. The first-order valence-corrected chi connectivity index (χ1v) is 8.25. The highest BCUT2D eigenvalue weighted by molar-refractivity contribution is 5.87. The lowest BCUT2D eigenvalue weighted by Crippen LogP contribution is -2.42. The van der Waals surface area contributed by atoms with Gasteiger partial charge in [0, 0.05) is 7.05 Å². The molecule has 2 aromatic rings.